The lowest BCUT2D eigenvalue weighted by atomic mass is 10.1. The number of nitrogens with one attached hydrogen (secondary N) is 1. The SMILES string of the molecule is O=C(O)C(NCCOCCO)c1ccc(Cl)cc1. The molecule has 1 atom stereocenters. The molecule has 0 fully saturated rings. The lowest BCUT2D eigenvalue weighted by Crippen LogP contribution is -2.31. The predicted octanol–water partition coefficient (Wildman–Crippen LogP) is 1.06. The number of aliphatic hydroxyl groups is 1. The molecule has 0 radical (unpaired) electrons. The standard InChI is InChI=1S/C12H16ClNO4/c13-10-3-1-9(2-4-10)11(12(16)17)14-5-7-18-8-6-15/h1-4,11,14-15H,5-8H2,(H,16,17). The number of ether oxygens (including phenoxy) is 1. The number of carboxylic acid groups (broad SMARTS) is 1. The molecule has 5 nitrogen and oxygen atoms in total. The van der Waals surface area contributed by atoms with Crippen LogP contribution < -0.4 is 5.32 Å². The molecular formula is C12H16ClNO4. The Kier molecular flexibility index (Phi) is 6.67. The van der Waals surface area contributed by atoms with Gasteiger partial charge in [0, 0.05) is 11.6 Å². The Hall–Kier alpha value is -1.14. The summed E-state index contributed by atoms with van der Waals surface area (Å²) in [4.78, 5) is 11.1. The van der Waals surface area contributed by atoms with E-state index < -0.39 is 12.0 Å². The van der Waals surface area contributed by atoms with Crippen molar-refractivity contribution in [3.05, 3.63) is 34.9 Å². The van der Waals surface area contributed by atoms with E-state index in [0.29, 0.717) is 23.7 Å². The third kappa shape index (κ3) is 5.01. The van der Waals surface area contributed by atoms with Gasteiger partial charge in [-0.1, -0.05) is 23.7 Å². The Morgan fingerprint density at radius 2 is 2.00 bits per heavy atom. The van der Waals surface area contributed by atoms with Crippen molar-refractivity contribution in [2.24, 2.45) is 0 Å². The van der Waals surface area contributed by atoms with Crippen LogP contribution in [0.1, 0.15) is 11.6 Å². The molecule has 6 heteroatoms. The second-order valence-electron chi connectivity index (χ2n) is 3.61. The Bertz CT molecular complexity index is 369. The number of aliphatic hydroxyl groups excluding tert-OH is 1. The minimum atomic E-state index is -0.959. The monoisotopic (exact) mass is 273 g/mol. The van der Waals surface area contributed by atoms with Gasteiger partial charge in [-0.25, -0.2) is 0 Å². The third-order valence-electron chi connectivity index (χ3n) is 2.28. The molecule has 0 saturated carbocycles. The molecule has 0 aromatic heterocycles. The highest BCUT2D eigenvalue weighted by molar-refractivity contribution is 6.30. The molecule has 18 heavy (non-hydrogen) atoms. The molecule has 0 aliphatic heterocycles. The minimum absolute atomic E-state index is 0.0421. The number of benzene rings is 1. The molecular weight excluding hydrogens is 258 g/mol. The van der Waals surface area contributed by atoms with Gasteiger partial charge in [0.25, 0.3) is 0 Å². The van der Waals surface area contributed by atoms with E-state index in [1.165, 1.54) is 0 Å². The summed E-state index contributed by atoms with van der Waals surface area (Å²) in [5.41, 5.74) is 0.633. The van der Waals surface area contributed by atoms with Crippen molar-refractivity contribution < 1.29 is 19.7 Å². The number of halogens is 1. The van der Waals surface area contributed by atoms with Crippen LogP contribution in [0.5, 0.6) is 0 Å². The van der Waals surface area contributed by atoms with Crippen LogP contribution in [-0.2, 0) is 9.53 Å². The fraction of sp³-hybridized carbons (Fsp3) is 0.417. The lowest BCUT2D eigenvalue weighted by Gasteiger charge is -2.14. The van der Waals surface area contributed by atoms with E-state index in [9.17, 15) is 4.79 Å². The summed E-state index contributed by atoms with van der Waals surface area (Å²) >= 11 is 5.75. The molecule has 0 spiro atoms. The van der Waals surface area contributed by atoms with Crippen LogP contribution in [0.4, 0.5) is 0 Å². The molecule has 1 rings (SSSR count). The summed E-state index contributed by atoms with van der Waals surface area (Å²) in [6.45, 7) is 0.942. The number of rotatable bonds is 8. The predicted molar refractivity (Wildman–Crippen MR) is 67.7 cm³/mol. The second kappa shape index (κ2) is 8.05. The van der Waals surface area contributed by atoms with Crippen molar-refractivity contribution in [1.82, 2.24) is 5.32 Å². The fourth-order valence-electron chi connectivity index (χ4n) is 1.45. The molecule has 1 aromatic carbocycles. The molecule has 0 aliphatic carbocycles. The number of hydrogen-bond donors (Lipinski definition) is 3. The Morgan fingerprint density at radius 3 is 2.56 bits per heavy atom. The molecule has 0 bridgehead atoms. The van der Waals surface area contributed by atoms with Crippen LogP contribution in [-0.4, -0.2) is 42.5 Å². The van der Waals surface area contributed by atoms with Gasteiger partial charge in [0.15, 0.2) is 0 Å². The molecule has 0 aliphatic rings. The van der Waals surface area contributed by atoms with Gasteiger partial charge in [-0.15, -0.1) is 0 Å². The average molecular weight is 274 g/mol. The van der Waals surface area contributed by atoms with Crippen LogP contribution in [0.15, 0.2) is 24.3 Å². The van der Waals surface area contributed by atoms with Gasteiger partial charge in [0.1, 0.15) is 6.04 Å². The first-order valence-corrected chi connectivity index (χ1v) is 5.93. The maximum atomic E-state index is 11.1. The van der Waals surface area contributed by atoms with Crippen LogP contribution in [0.25, 0.3) is 0 Å². The summed E-state index contributed by atoms with van der Waals surface area (Å²) in [6.07, 6.45) is 0. The molecule has 0 amide bonds. The first kappa shape index (κ1) is 14.9. The van der Waals surface area contributed by atoms with E-state index in [-0.39, 0.29) is 13.2 Å². The summed E-state index contributed by atoms with van der Waals surface area (Å²) in [5, 5.41) is 21.1. The van der Waals surface area contributed by atoms with Crippen LogP contribution in [0, 0.1) is 0 Å². The maximum Gasteiger partial charge on any atom is 0.325 e. The van der Waals surface area contributed by atoms with Crippen molar-refractivity contribution in [1.29, 1.82) is 0 Å². The molecule has 0 saturated heterocycles. The zero-order chi connectivity index (χ0) is 13.4. The van der Waals surface area contributed by atoms with E-state index in [0.717, 1.165) is 0 Å². The van der Waals surface area contributed by atoms with E-state index in [1.807, 2.05) is 0 Å². The quantitative estimate of drug-likeness (QED) is 0.618. The first-order chi connectivity index (χ1) is 8.65. The van der Waals surface area contributed by atoms with Gasteiger partial charge >= 0.3 is 5.97 Å². The van der Waals surface area contributed by atoms with Crippen LogP contribution in [0.3, 0.4) is 0 Å². The van der Waals surface area contributed by atoms with Gasteiger partial charge in [0.05, 0.1) is 19.8 Å². The van der Waals surface area contributed by atoms with Crippen molar-refractivity contribution >= 4 is 17.6 Å². The first-order valence-electron chi connectivity index (χ1n) is 5.55. The van der Waals surface area contributed by atoms with Gasteiger partial charge in [-0.2, -0.15) is 0 Å². The van der Waals surface area contributed by atoms with E-state index >= 15 is 0 Å². The maximum absolute atomic E-state index is 11.1. The minimum Gasteiger partial charge on any atom is -0.480 e. The highest BCUT2D eigenvalue weighted by Crippen LogP contribution is 2.16. The molecule has 0 heterocycles. The van der Waals surface area contributed by atoms with Gasteiger partial charge < -0.3 is 14.9 Å². The Morgan fingerprint density at radius 1 is 1.33 bits per heavy atom. The van der Waals surface area contributed by atoms with Gasteiger partial charge in [0.2, 0.25) is 0 Å². The van der Waals surface area contributed by atoms with E-state index in [1.54, 1.807) is 24.3 Å². The number of aliphatic carboxylic acids is 1. The van der Waals surface area contributed by atoms with Crippen LogP contribution in [0.2, 0.25) is 5.02 Å². The van der Waals surface area contributed by atoms with Crippen LogP contribution >= 0.6 is 11.6 Å². The third-order valence-corrected chi connectivity index (χ3v) is 2.53. The zero-order valence-corrected chi connectivity index (χ0v) is 10.6. The smallest absolute Gasteiger partial charge is 0.325 e. The Labute approximate surface area is 110 Å². The summed E-state index contributed by atoms with van der Waals surface area (Å²) in [7, 11) is 0. The van der Waals surface area contributed by atoms with E-state index in [2.05, 4.69) is 5.32 Å². The van der Waals surface area contributed by atoms with Crippen molar-refractivity contribution in [3.8, 4) is 0 Å². The summed E-state index contributed by atoms with van der Waals surface area (Å²) < 4.78 is 5.04. The highest BCUT2D eigenvalue weighted by atomic mass is 35.5. The molecule has 1 aromatic rings. The van der Waals surface area contributed by atoms with Crippen molar-refractivity contribution in [3.63, 3.8) is 0 Å². The van der Waals surface area contributed by atoms with Crippen molar-refractivity contribution in [2.75, 3.05) is 26.4 Å². The normalized spacial score (nSPS) is 12.3. The van der Waals surface area contributed by atoms with Gasteiger partial charge in [-0.05, 0) is 17.7 Å². The number of carboxylic acids is 1. The van der Waals surface area contributed by atoms with E-state index in [4.69, 9.17) is 26.6 Å². The van der Waals surface area contributed by atoms with Gasteiger partial charge in [-0.3, -0.25) is 10.1 Å². The summed E-state index contributed by atoms with van der Waals surface area (Å²) in [5.74, 6) is -0.959. The average Bonchev–Trinajstić information content (AvgIpc) is 2.35. The van der Waals surface area contributed by atoms with Crippen molar-refractivity contribution in [2.45, 2.75) is 6.04 Å². The zero-order valence-electron chi connectivity index (χ0n) is 9.80. The topological polar surface area (TPSA) is 78.8 Å². The second-order valence-corrected chi connectivity index (χ2v) is 4.05. The largest absolute Gasteiger partial charge is 0.480 e. The molecule has 1 unspecified atom stereocenters. The fourth-order valence-corrected chi connectivity index (χ4v) is 1.57. The lowest BCUT2D eigenvalue weighted by molar-refractivity contribution is -0.139. The Balaban J connectivity index is 2.50. The summed E-state index contributed by atoms with van der Waals surface area (Å²) in [6, 6.07) is 5.85. The number of carbonyl (C=O) groups is 1. The number of hydrogen-bond acceptors (Lipinski definition) is 4. The molecule has 3 N–H and O–H groups in total. The molecule has 100 valence electrons. The highest BCUT2D eigenvalue weighted by Gasteiger charge is 2.18.